The number of urea groups is 1. The first-order valence-corrected chi connectivity index (χ1v) is 7.26. The second-order valence-electron chi connectivity index (χ2n) is 5.24. The number of rotatable bonds is 2. The van der Waals surface area contributed by atoms with Crippen LogP contribution in [0.25, 0.3) is 0 Å². The van der Waals surface area contributed by atoms with E-state index in [-0.39, 0.29) is 11.6 Å². The van der Waals surface area contributed by atoms with Crippen molar-refractivity contribution in [3.05, 3.63) is 59.9 Å². The number of nitrogens with one attached hydrogen (secondary N) is 2. The van der Waals surface area contributed by atoms with E-state index in [4.69, 9.17) is 0 Å². The van der Waals surface area contributed by atoms with E-state index >= 15 is 0 Å². The van der Waals surface area contributed by atoms with Crippen LogP contribution in [0.1, 0.15) is 5.56 Å². The van der Waals surface area contributed by atoms with E-state index in [9.17, 15) is 14.0 Å². The zero-order valence-electron chi connectivity index (χ0n) is 12.5. The minimum Gasteiger partial charge on any atom is -0.357 e. The molecule has 0 spiro atoms. The molecule has 23 heavy (non-hydrogen) atoms. The molecule has 6 heteroatoms. The lowest BCUT2D eigenvalue weighted by Gasteiger charge is -2.24. The standard InChI is InChI=1S/C17H16FN3O2/c1-19-16(22)15-10-11-6-2-5-9-14(11)21(15)17(23)20-13-8-4-3-7-12(13)18/h2-9,15H,10H2,1H3,(H,19,22)(H,20,23)/t15-/m1/s1. The number of anilines is 2. The fraction of sp³-hybridized carbons (Fsp3) is 0.176. The molecule has 1 heterocycles. The topological polar surface area (TPSA) is 61.4 Å². The molecular weight excluding hydrogens is 297 g/mol. The Morgan fingerprint density at radius 3 is 2.57 bits per heavy atom. The molecule has 2 aromatic rings. The largest absolute Gasteiger partial charge is 0.357 e. The highest BCUT2D eigenvalue weighted by Gasteiger charge is 2.38. The van der Waals surface area contributed by atoms with Crippen LogP contribution < -0.4 is 15.5 Å². The number of hydrogen-bond acceptors (Lipinski definition) is 2. The minimum absolute atomic E-state index is 0.0811. The zero-order chi connectivity index (χ0) is 16.4. The van der Waals surface area contributed by atoms with Crippen molar-refractivity contribution in [2.75, 3.05) is 17.3 Å². The van der Waals surface area contributed by atoms with E-state index < -0.39 is 17.9 Å². The highest BCUT2D eigenvalue weighted by Crippen LogP contribution is 2.32. The Kier molecular flexibility index (Phi) is 3.97. The summed E-state index contributed by atoms with van der Waals surface area (Å²) in [6.45, 7) is 0. The molecule has 1 aliphatic rings. The van der Waals surface area contributed by atoms with Crippen molar-refractivity contribution in [2.24, 2.45) is 0 Å². The van der Waals surface area contributed by atoms with Crippen molar-refractivity contribution in [1.82, 2.24) is 5.32 Å². The first-order chi connectivity index (χ1) is 11.1. The van der Waals surface area contributed by atoms with Gasteiger partial charge in [-0.2, -0.15) is 0 Å². The van der Waals surface area contributed by atoms with Gasteiger partial charge in [-0.3, -0.25) is 9.69 Å². The molecule has 1 aliphatic heterocycles. The number of likely N-dealkylation sites (N-methyl/N-ethyl adjacent to an activating group) is 1. The molecule has 0 saturated heterocycles. The Morgan fingerprint density at radius 2 is 1.83 bits per heavy atom. The van der Waals surface area contributed by atoms with Gasteiger partial charge in [0.15, 0.2) is 0 Å². The van der Waals surface area contributed by atoms with Gasteiger partial charge in [0.25, 0.3) is 0 Å². The van der Waals surface area contributed by atoms with Crippen molar-refractivity contribution < 1.29 is 14.0 Å². The third kappa shape index (κ3) is 2.75. The van der Waals surface area contributed by atoms with Gasteiger partial charge in [0, 0.05) is 19.2 Å². The van der Waals surface area contributed by atoms with Gasteiger partial charge < -0.3 is 10.6 Å². The minimum atomic E-state index is -0.649. The normalized spacial score (nSPS) is 15.9. The molecule has 2 N–H and O–H groups in total. The zero-order valence-corrected chi connectivity index (χ0v) is 12.5. The summed E-state index contributed by atoms with van der Waals surface area (Å²) < 4.78 is 13.7. The van der Waals surface area contributed by atoms with Crippen LogP contribution in [0.15, 0.2) is 48.5 Å². The summed E-state index contributed by atoms with van der Waals surface area (Å²) in [4.78, 5) is 26.1. The Hall–Kier alpha value is -2.89. The van der Waals surface area contributed by atoms with Gasteiger partial charge >= 0.3 is 6.03 Å². The first kappa shape index (κ1) is 15.0. The number of halogens is 1. The number of fused-ring (bicyclic) bond motifs is 1. The van der Waals surface area contributed by atoms with Crippen molar-refractivity contribution >= 4 is 23.3 Å². The van der Waals surface area contributed by atoms with E-state index in [2.05, 4.69) is 10.6 Å². The van der Waals surface area contributed by atoms with E-state index in [1.54, 1.807) is 24.3 Å². The Balaban J connectivity index is 1.92. The molecule has 0 aromatic heterocycles. The van der Waals surface area contributed by atoms with E-state index in [0.29, 0.717) is 12.1 Å². The smallest absolute Gasteiger partial charge is 0.327 e. The lowest BCUT2D eigenvalue weighted by atomic mass is 10.1. The predicted molar refractivity (Wildman–Crippen MR) is 85.9 cm³/mol. The summed E-state index contributed by atoms with van der Waals surface area (Å²) >= 11 is 0. The van der Waals surface area contributed by atoms with E-state index in [1.165, 1.54) is 24.1 Å². The SMILES string of the molecule is CNC(=O)[C@H]1Cc2ccccc2N1C(=O)Nc1ccccc1F. The van der Waals surface area contributed by atoms with Crippen molar-refractivity contribution in [2.45, 2.75) is 12.5 Å². The maximum absolute atomic E-state index is 13.7. The van der Waals surface area contributed by atoms with E-state index in [1.807, 2.05) is 12.1 Å². The van der Waals surface area contributed by atoms with E-state index in [0.717, 1.165) is 5.56 Å². The molecule has 3 rings (SSSR count). The number of carbonyl (C=O) groups excluding carboxylic acids is 2. The van der Waals surface area contributed by atoms with Crippen molar-refractivity contribution in [1.29, 1.82) is 0 Å². The van der Waals surface area contributed by atoms with Crippen LogP contribution in [0.5, 0.6) is 0 Å². The van der Waals surface area contributed by atoms with Gasteiger partial charge in [-0.1, -0.05) is 30.3 Å². The number of para-hydroxylation sites is 2. The number of hydrogen-bond donors (Lipinski definition) is 2. The van der Waals surface area contributed by atoms with Crippen LogP contribution >= 0.6 is 0 Å². The second-order valence-corrected chi connectivity index (χ2v) is 5.24. The van der Waals surface area contributed by atoms with Gasteiger partial charge in [0.05, 0.1) is 5.69 Å². The number of amides is 3. The fourth-order valence-electron chi connectivity index (χ4n) is 2.75. The lowest BCUT2D eigenvalue weighted by molar-refractivity contribution is -0.121. The molecule has 118 valence electrons. The first-order valence-electron chi connectivity index (χ1n) is 7.26. The third-order valence-electron chi connectivity index (χ3n) is 3.86. The summed E-state index contributed by atoms with van der Waals surface area (Å²) in [6, 6.07) is 12.1. The molecule has 1 atom stereocenters. The van der Waals surface area contributed by atoms with Gasteiger partial charge in [-0.05, 0) is 23.8 Å². The molecule has 0 radical (unpaired) electrons. The number of benzene rings is 2. The average molecular weight is 313 g/mol. The Bertz CT molecular complexity index is 763. The molecule has 0 fully saturated rings. The second kappa shape index (κ2) is 6.08. The van der Waals surface area contributed by atoms with Crippen LogP contribution in [0, 0.1) is 5.82 Å². The van der Waals surface area contributed by atoms with Crippen LogP contribution in [-0.4, -0.2) is 25.0 Å². The highest BCUT2D eigenvalue weighted by molar-refractivity contribution is 6.08. The van der Waals surface area contributed by atoms with Crippen molar-refractivity contribution in [3.63, 3.8) is 0 Å². The van der Waals surface area contributed by atoms with Gasteiger partial charge in [0.2, 0.25) is 5.91 Å². The van der Waals surface area contributed by atoms with Crippen LogP contribution in [0.2, 0.25) is 0 Å². The summed E-state index contributed by atoms with van der Waals surface area (Å²) in [5.41, 5.74) is 1.65. The molecule has 3 amide bonds. The molecule has 0 bridgehead atoms. The van der Waals surface area contributed by atoms with Gasteiger partial charge in [-0.25, -0.2) is 9.18 Å². The van der Waals surface area contributed by atoms with Crippen LogP contribution in [0.3, 0.4) is 0 Å². The molecular formula is C17H16FN3O2. The number of carbonyl (C=O) groups is 2. The molecule has 5 nitrogen and oxygen atoms in total. The Morgan fingerprint density at radius 1 is 1.13 bits per heavy atom. The van der Waals surface area contributed by atoms with Crippen molar-refractivity contribution in [3.8, 4) is 0 Å². The molecule has 0 aliphatic carbocycles. The summed E-state index contributed by atoms with van der Waals surface area (Å²) in [7, 11) is 1.53. The molecule has 0 unspecified atom stereocenters. The maximum Gasteiger partial charge on any atom is 0.327 e. The van der Waals surface area contributed by atoms with Crippen LogP contribution in [0.4, 0.5) is 20.6 Å². The number of nitrogens with zero attached hydrogens (tertiary/aromatic N) is 1. The quantitative estimate of drug-likeness (QED) is 0.895. The average Bonchev–Trinajstić information content (AvgIpc) is 2.95. The summed E-state index contributed by atoms with van der Waals surface area (Å²) in [6.07, 6.45) is 0.431. The summed E-state index contributed by atoms with van der Waals surface area (Å²) in [5, 5.41) is 5.10. The highest BCUT2D eigenvalue weighted by atomic mass is 19.1. The third-order valence-corrected chi connectivity index (χ3v) is 3.86. The summed E-state index contributed by atoms with van der Waals surface area (Å²) in [5.74, 6) is -0.783. The fourth-order valence-corrected chi connectivity index (χ4v) is 2.75. The van der Waals surface area contributed by atoms with Gasteiger partial charge in [0.1, 0.15) is 11.9 Å². The predicted octanol–water partition coefficient (Wildman–Crippen LogP) is 2.53. The monoisotopic (exact) mass is 313 g/mol. The van der Waals surface area contributed by atoms with Crippen LogP contribution in [-0.2, 0) is 11.2 Å². The molecule has 0 saturated carbocycles. The Labute approximate surface area is 133 Å². The van der Waals surface area contributed by atoms with Gasteiger partial charge in [-0.15, -0.1) is 0 Å². The maximum atomic E-state index is 13.7. The lowest BCUT2D eigenvalue weighted by Crippen LogP contribution is -2.48. The molecule has 2 aromatic carbocycles.